The maximum atomic E-state index is 12.0. The smallest absolute Gasteiger partial charge is 0.283 e. The number of ether oxygens (including phenoxy) is 2. The second-order valence-corrected chi connectivity index (χ2v) is 5.13. The van der Waals surface area contributed by atoms with Crippen molar-refractivity contribution in [2.75, 3.05) is 6.79 Å². The highest BCUT2D eigenvalue weighted by molar-refractivity contribution is 7.08. The molecule has 0 bridgehead atoms. The van der Waals surface area contributed by atoms with E-state index in [0.29, 0.717) is 34.1 Å². The molecular weight excluding hydrogens is 308 g/mol. The molecule has 1 aliphatic rings. The third-order valence-electron chi connectivity index (χ3n) is 3.02. The van der Waals surface area contributed by atoms with E-state index >= 15 is 0 Å². The number of benzene rings is 1. The summed E-state index contributed by atoms with van der Waals surface area (Å²) in [6.45, 7) is 2.01. The van der Waals surface area contributed by atoms with Gasteiger partial charge in [0.2, 0.25) is 6.79 Å². The van der Waals surface area contributed by atoms with Gasteiger partial charge < -0.3 is 9.47 Å². The largest absolute Gasteiger partial charge is 0.454 e. The Hall–Kier alpha value is -2.68. The second-order valence-electron chi connectivity index (χ2n) is 4.38. The number of carbonyl (C=O) groups excluding carboxylic acids is 2. The van der Waals surface area contributed by atoms with Crippen LogP contribution >= 0.6 is 11.5 Å². The fraction of sp³-hybridized carbons (Fsp3) is 0.231. The van der Waals surface area contributed by atoms with E-state index in [2.05, 4.69) is 20.4 Å². The average Bonchev–Trinajstić information content (AvgIpc) is 3.19. The number of aromatic nitrogens is 2. The Labute approximate surface area is 129 Å². The molecule has 0 spiro atoms. The molecule has 2 N–H and O–H groups in total. The molecule has 3 rings (SSSR count). The fourth-order valence-electron chi connectivity index (χ4n) is 1.89. The van der Waals surface area contributed by atoms with E-state index in [1.165, 1.54) is 0 Å². The van der Waals surface area contributed by atoms with E-state index in [4.69, 9.17) is 9.47 Å². The Bertz CT molecular complexity index is 731. The molecule has 1 aromatic carbocycles. The van der Waals surface area contributed by atoms with Crippen molar-refractivity contribution in [2.45, 2.75) is 13.3 Å². The first-order valence-corrected chi connectivity index (χ1v) is 7.28. The van der Waals surface area contributed by atoms with Crippen molar-refractivity contribution in [2.24, 2.45) is 0 Å². The molecule has 0 radical (unpaired) electrons. The van der Waals surface area contributed by atoms with Gasteiger partial charge in [-0.2, -0.15) is 0 Å². The third-order valence-corrected chi connectivity index (χ3v) is 3.79. The first-order valence-electron chi connectivity index (χ1n) is 6.50. The lowest BCUT2D eigenvalue weighted by atomic mass is 10.2. The van der Waals surface area contributed by atoms with Gasteiger partial charge in [0.05, 0.1) is 5.69 Å². The molecular formula is C13H12N4O4S. The number of hydrogen-bond donors (Lipinski definition) is 2. The lowest BCUT2D eigenvalue weighted by Crippen LogP contribution is -2.41. The normalized spacial score (nSPS) is 12.0. The minimum Gasteiger partial charge on any atom is -0.454 e. The highest BCUT2D eigenvalue weighted by Crippen LogP contribution is 2.32. The van der Waals surface area contributed by atoms with Gasteiger partial charge in [0.1, 0.15) is 4.88 Å². The summed E-state index contributed by atoms with van der Waals surface area (Å²) in [5.41, 5.74) is 5.64. The Morgan fingerprint density at radius 2 is 2.00 bits per heavy atom. The van der Waals surface area contributed by atoms with Crippen LogP contribution in [0.5, 0.6) is 11.5 Å². The Morgan fingerprint density at radius 3 is 2.82 bits per heavy atom. The van der Waals surface area contributed by atoms with Crippen LogP contribution in [0.15, 0.2) is 18.2 Å². The Balaban J connectivity index is 1.64. The molecule has 2 aromatic rings. The Morgan fingerprint density at radius 1 is 1.23 bits per heavy atom. The lowest BCUT2D eigenvalue weighted by molar-refractivity contribution is 0.0848. The lowest BCUT2D eigenvalue weighted by Gasteiger charge is -2.07. The van der Waals surface area contributed by atoms with Gasteiger partial charge in [-0.3, -0.25) is 20.4 Å². The summed E-state index contributed by atoms with van der Waals surface area (Å²) in [7, 11) is 0. The number of fused-ring (bicyclic) bond motifs is 1. The Kier molecular flexibility index (Phi) is 3.88. The van der Waals surface area contributed by atoms with Crippen molar-refractivity contribution in [1.82, 2.24) is 20.4 Å². The number of nitrogens with one attached hydrogen (secondary N) is 2. The average molecular weight is 320 g/mol. The van der Waals surface area contributed by atoms with Gasteiger partial charge >= 0.3 is 0 Å². The van der Waals surface area contributed by atoms with Crippen LogP contribution in [0.25, 0.3) is 0 Å². The molecule has 2 heterocycles. The molecule has 0 saturated carbocycles. The van der Waals surface area contributed by atoms with Crippen molar-refractivity contribution in [3.8, 4) is 11.5 Å². The summed E-state index contributed by atoms with van der Waals surface area (Å²) >= 11 is 0.985. The summed E-state index contributed by atoms with van der Waals surface area (Å²) in [5.74, 6) is 0.186. The molecule has 0 aliphatic carbocycles. The van der Waals surface area contributed by atoms with E-state index in [0.717, 1.165) is 11.5 Å². The molecule has 0 atom stereocenters. The molecule has 9 heteroatoms. The minimum atomic E-state index is -0.456. The molecule has 0 fully saturated rings. The molecule has 0 unspecified atom stereocenters. The molecule has 114 valence electrons. The highest BCUT2D eigenvalue weighted by atomic mass is 32.1. The zero-order valence-corrected chi connectivity index (χ0v) is 12.4. The van der Waals surface area contributed by atoms with Gasteiger partial charge in [0.25, 0.3) is 11.8 Å². The first-order chi connectivity index (χ1) is 10.7. The standard InChI is InChI=1S/C13H12N4O4S/c1-2-8-11(22-17-14-8)13(19)16-15-12(18)7-3-4-9-10(5-7)21-6-20-9/h3-5H,2,6H2,1H3,(H,15,18)(H,16,19). The monoisotopic (exact) mass is 320 g/mol. The molecule has 1 aliphatic heterocycles. The topological polar surface area (TPSA) is 102 Å². The fourth-order valence-corrected chi connectivity index (χ4v) is 2.54. The summed E-state index contributed by atoms with van der Waals surface area (Å²) in [6.07, 6.45) is 0.593. The molecule has 22 heavy (non-hydrogen) atoms. The maximum Gasteiger partial charge on any atom is 0.283 e. The quantitative estimate of drug-likeness (QED) is 0.815. The number of nitrogens with zero attached hydrogens (tertiary/aromatic N) is 2. The number of aryl methyl sites for hydroxylation is 1. The van der Waals surface area contributed by atoms with Crippen molar-refractivity contribution < 1.29 is 19.1 Å². The zero-order chi connectivity index (χ0) is 15.5. The van der Waals surface area contributed by atoms with E-state index in [9.17, 15) is 9.59 Å². The summed E-state index contributed by atoms with van der Waals surface area (Å²) in [6, 6.07) is 4.78. The van der Waals surface area contributed by atoms with Crippen molar-refractivity contribution in [1.29, 1.82) is 0 Å². The van der Waals surface area contributed by atoms with Gasteiger partial charge in [0.15, 0.2) is 11.5 Å². The van der Waals surface area contributed by atoms with Crippen LogP contribution in [0.2, 0.25) is 0 Å². The van der Waals surface area contributed by atoms with Crippen LogP contribution in [0.1, 0.15) is 32.6 Å². The van der Waals surface area contributed by atoms with Crippen LogP contribution in [0, 0.1) is 0 Å². The number of rotatable bonds is 3. The van der Waals surface area contributed by atoms with Crippen LogP contribution in [0.4, 0.5) is 0 Å². The maximum absolute atomic E-state index is 12.0. The molecule has 8 nitrogen and oxygen atoms in total. The van der Waals surface area contributed by atoms with Gasteiger partial charge in [-0.15, -0.1) is 5.10 Å². The van der Waals surface area contributed by atoms with Crippen molar-refractivity contribution in [3.05, 3.63) is 34.3 Å². The summed E-state index contributed by atoms with van der Waals surface area (Å²) in [4.78, 5) is 24.4. The summed E-state index contributed by atoms with van der Waals surface area (Å²) in [5, 5.41) is 3.84. The van der Waals surface area contributed by atoms with E-state index in [1.54, 1.807) is 18.2 Å². The second kappa shape index (κ2) is 5.98. The minimum absolute atomic E-state index is 0.134. The van der Waals surface area contributed by atoms with Crippen LogP contribution in [0.3, 0.4) is 0 Å². The third kappa shape index (κ3) is 2.70. The number of carbonyl (C=O) groups is 2. The number of amides is 2. The zero-order valence-electron chi connectivity index (χ0n) is 11.6. The SMILES string of the molecule is CCc1nnsc1C(=O)NNC(=O)c1ccc2c(c1)OCO2. The van der Waals surface area contributed by atoms with Gasteiger partial charge in [0, 0.05) is 5.56 Å². The van der Waals surface area contributed by atoms with Crippen LogP contribution in [-0.2, 0) is 6.42 Å². The van der Waals surface area contributed by atoms with E-state index in [-0.39, 0.29) is 6.79 Å². The van der Waals surface area contributed by atoms with Gasteiger partial charge in [-0.05, 0) is 36.2 Å². The van der Waals surface area contributed by atoms with Gasteiger partial charge in [-0.25, -0.2) is 0 Å². The van der Waals surface area contributed by atoms with Crippen LogP contribution in [-0.4, -0.2) is 28.2 Å². The van der Waals surface area contributed by atoms with E-state index in [1.807, 2.05) is 6.92 Å². The number of hydrogen-bond acceptors (Lipinski definition) is 7. The van der Waals surface area contributed by atoms with E-state index < -0.39 is 11.8 Å². The predicted octanol–water partition coefficient (Wildman–Crippen LogP) is 0.904. The van der Waals surface area contributed by atoms with Crippen molar-refractivity contribution >= 4 is 23.3 Å². The first kappa shape index (κ1) is 14.3. The highest BCUT2D eigenvalue weighted by Gasteiger charge is 2.18. The van der Waals surface area contributed by atoms with Crippen molar-refractivity contribution in [3.63, 3.8) is 0 Å². The molecule has 0 saturated heterocycles. The van der Waals surface area contributed by atoms with Crippen LogP contribution < -0.4 is 20.3 Å². The van der Waals surface area contributed by atoms with Gasteiger partial charge in [-0.1, -0.05) is 11.4 Å². The number of hydrazine groups is 1. The predicted molar refractivity (Wildman–Crippen MR) is 76.8 cm³/mol. The molecule has 2 amide bonds. The molecule has 1 aromatic heterocycles. The summed E-state index contributed by atoms with van der Waals surface area (Å²) < 4.78 is 14.1.